The number of rotatable bonds is 7. The fourth-order valence-corrected chi connectivity index (χ4v) is 2.40. The molecule has 138 valence electrons. The van der Waals surface area contributed by atoms with Crippen LogP contribution < -0.4 is 10.6 Å². The Morgan fingerprint density at radius 2 is 1.81 bits per heavy atom. The zero-order valence-electron chi connectivity index (χ0n) is 15.2. The molecule has 27 heavy (non-hydrogen) atoms. The molecule has 6 heteroatoms. The molecular formula is C21H21N3O3. The molecule has 0 aliphatic heterocycles. The number of hydrogen-bond acceptors (Lipinski definition) is 5. The summed E-state index contributed by atoms with van der Waals surface area (Å²) in [5.74, 6) is -0.840. The van der Waals surface area contributed by atoms with Crippen LogP contribution in [0.25, 0.3) is 0 Å². The molecule has 6 nitrogen and oxygen atoms in total. The van der Waals surface area contributed by atoms with Crippen LogP contribution >= 0.6 is 0 Å². The Labute approximate surface area is 158 Å². The molecule has 2 aromatic carbocycles. The molecule has 2 rings (SSSR count). The Bertz CT molecular complexity index is 852. The van der Waals surface area contributed by atoms with Crippen molar-refractivity contribution in [2.75, 3.05) is 7.11 Å². The molecule has 0 bridgehead atoms. The lowest BCUT2D eigenvalue weighted by atomic mass is 10.1. The van der Waals surface area contributed by atoms with E-state index in [4.69, 9.17) is 0 Å². The van der Waals surface area contributed by atoms with Gasteiger partial charge in [0.2, 0.25) is 0 Å². The summed E-state index contributed by atoms with van der Waals surface area (Å²) in [4.78, 5) is 23.7. The van der Waals surface area contributed by atoms with E-state index < -0.39 is 11.9 Å². The van der Waals surface area contributed by atoms with E-state index in [1.807, 2.05) is 43.3 Å². The van der Waals surface area contributed by atoms with Gasteiger partial charge in [0.1, 0.15) is 11.6 Å². The molecule has 0 saturated heterocycles. The average Bonchev–Trinajstić information content (AvgIpc) is 2.71. The Balaban J connectivity index is 1.92. The molecule has 0 fully saturated rings. The van der Waals surface area contributed by atoms with Crippen LogP contribution in [0.2, 0.25) is 0 Å². The van der Waals surface area contributed by atoms with Gasteiger partial charge in [0.25, 0.3) is 5.91 Å². The monoisotopic (exact) mass is 363 g/mol. The van der Waals surface area contributed by atoms with Gasteiger partial charge in [-0.2, -0.15) is 5.26 Å². The first-order chi connectivity index (χ1) is 13.0. The van der Waals surface area contributed by atoms with Gasteiger partial charge in [-0.1, -0.05) is 42.5 Å². The van der Waals surface area contributed by atoms with Crippen LogP contribution in [0, 0.1) is 11.3 Å². The maximum absolute atomic E-state index is 12.3. The van der Waals surface area contributed by atoms with Crippen molar-refractivity contribution < 1.29 is 14.3 Å². The highest BCUT2D eigenvalue weighted by molar-refractivity contribution is 5.97. The third kappa shape index (κ3) is 5.72. The van der Waals surface area contributed by atoms with Gasteiger partial charge in [-0.3, -0.25) is 4.79 Å². The Morgan fingerprint density at radius 1 is 1.15 bits per heavy atom. The minimum absolute atomic E-state index is 0.0102. The van der Waals surface area contributed by atoms with Crippen molar-refractivity contribution in [2.45, 2.75) is 19.5 Å². The molecule has 0 heterocycles. The first-order valence-electron chi connectivity index (χ1n) is 8.42. The number of nitrogens with zero attached hydrogens (tertiary/aromatic N) is 1. The highest BCUT2D eigenvalue weighted by Gasteiger charge is 2.13. The summed E-state index contributed by atoms with van der Waals surface area (Å²) in [5, 5.41) is 15.0. The van der Waals surface area contributed by atoms with Crippen molar-refractivity contribution >= 4 is 11.9 Å². The number of hydrogen-bond donors (Lipinski definition) is 2. The second-order valence-corrected chi connectivity index (χ2v) is 5.85. The van der Waals surface area contributed by atoms with Crippen LogP contribution in [0.3, 0.4) is 0 Å². The van der Waals surface area contributed by atoms with Crippen LogP contribution in [0.4, 0.5) is 0 Å². The minimum atomic E-state index is -0.442. The van der Waals surface area contributed by atoms with Gasteiger partial charge in [-0.25, -0.2) is 4.79 Å². The van der Waals surface area contributed by atoms with Crippen molar-refractivity contribution in [3.05, 3.63) is 83.1 Å². The lowest BCUT2D eigenvalue weighted by Gasteiger charge is -2.13. The van der Waals surface area contributed by atoms with Crippen molar-refractivity contribution in [3.63, 3.8) is 0 Å². The zero-order valence-corrected chi connectivity index (χ0v) is 15.2. The third-order valence-corrected chi connectivity index (χ3v) is 3.94. The molecule has 0 spiro atoms. The molecule has 1 unspecified atom stereocenters. The van der Waals surface area contributed by atoms with E-state index in [9.17, 15) is 14.9 Å². The van der Waals surface area contributed by atoms with E-state index in [0.717, 1.165) is 11.1 Å². The van der Waals surface area contributed by atoms with E-state index in [0.29, 0.717) is 12.1 Å². The average molecular weight is 363 g/mol. The second-order valence-electron chi connectivity index (χ2n) is 5.85. The predicted octanol–water partition coefficient (Wildman–Crippen LogP) is 2.85. The fourth-order valence-electron chi connectivity index (χ4n) is 2.40. The number of methoxy groups -OCH3 is 1. The molecule has 0 aliphatic carbocycles. The Morgan fingerprint density at radius 3 is 2.41 bits per heavy atom. The van der Waals surface area contributed by atoms with Gasteiger partial charge >= 0.3 is 5.97 Å². The molecule has 1 amide bonds. The molecule has 2 aromatic rings. The summed E-state index contributed by atoms with van der Waals surface area (Å²) in [7, 11) is 1.33. The van der Waals surface area contributed by atoms with Crippen molar-refractivity contribution in [1.29, 1.82) is 5.26 Å². The first-order valence-corrected chi connectivity index (χ1v) is 8.42. The minimum Gasteiger partial charge on any atom is -0.465 e. The topological polar surface area (TPSA) is 91.2 Å². The summed E-state index contributed by atoms with van der Waals surface area (Å²) in [6.07, 6.45) is 1.39. The van der Waals surface area contributed by atoms with E-state index in [1.165, 1.54) is 13.3 Å². The standard InChI is InChI=1S/C21H21N3O3/c1-15(17-6-4-3-5-7-17)24-20(25)19(12-22)14-23-13-16-8-10-18(11-9-16)21(26)27-2/h3-11,14-15,23H,13H2,1-2H3,(H,24,25)/b19-14-. The number of carbonyl (C=O) groups is 2. The summed E-state index contributed by atoms with van der Waals surface area (Å²) < 4.78 is 4.65. The molecule has 2 N–H and O–H groups in total. The van der Waals surface area contributed by atoms with E-state index in [1.54, 1.807) is 24.3 Å². The van der Waals surface area contributed by atoms with Gasteiger partial charge in [-0.05, 0) is 30.2 Å². The van der Waals surface area contributed by atoms with Gasteiger partial charge in [0.05, 0.1) is 18.7 Å². The van der Waals surface area contributed by atoms with Crippen molar-refractivity contribution in [1.82, 2.24) is 10.6 Å². The lowest BCUT2D eigenvalue weighted by Crippen LogP contribution is -2.28. The second kappa shape index (κ2) is 9.78. The van der Waals surface area contributed by atoms with E-state index in [-0.39, 0.29) is 11.6 Å². The summed E-state index contributed by atoms with van der Waals surface area (Å²) >= 11 is 0. The number of ether oxygens (including phenoxy) is 1. The van der Waals surface area contributed by atoms with Crippen molar-refractivity contribution in [3.8, 4) is 6.07 Å². The molecule has 0 aromatic heterocycles. The Kier molecular flexibility index (Phi) is 7.15. The third-order valence-electron chi connectivity index (χ3n) is 3.94. The molecule has 1 atom stereocenters. The van der Waals surface area contributed by atoms with Gasteiger partial charge in [0.15, 0.2) is 0 Å². The highest BCUT2D eigenvalue weighted by Crippen LogP contribution is 2.12. The lowest BCUT2D eigenvalue weighted by molar-refractivity contribution is -0.117. The summed E-state index contributed by atoms with van der Waals surface area (Å²) in [6.45, 7) is 2.27. The van der Waals surface area contributed by atoms with Crippen LogP contribution in [-0.4, -0.2) is 19.0 Å². The van der Waals surface area contributed by atoms with E-state index >= 15 is 0 Å². The summed E-state index contributed by atoms with van der Waals surface area (Å²) in [5.41, 5.74) is 2.31. The van der Waals surface area contributed by atoms with E-state index in [2.05, 4.69) is 15.4 Å². The van der Waals surface area contributed by atoms with Gasteiger partial charge < -0.3 is 15.4 Å². The van der Waals surface area contributed by atoms with Crippen molar-refractivity contribution in [2.24, 2.45) is 0 Å². The number of amides is 1. The van der Waals surface area contributed by atoms with Crippen LogP contribution in [-0.2, 0) is 16.1 Å². The predicted molar refractivity (Wildman–Crippen MR) is 101 cm³/mol. The number of nitriles is 1. The fraction of sp³-hybridized carbons (Fsp3) is 0.190. The number of carbonyl (C=O) groups excluding carboxylic acids is 2. The zero-order chi connectivity index (χ0) is 19.6. The largest absolute Gasteiger partial charge is 0.465 e. The Hall–Kier alpha value is -3.59. The van der Waals surface area contributed by atoms with Gasteiger partial charge in [0, 0.05) is 12.7 Å². The molecule has 0 aliphatic rings. The quantitative estimate of drug-likeness (QED) is 0.448. The smallest absolute Gasteiger partial charge is 0.337 e. The van der Waals surface area contributed by atoms with Crippen LogP contribution in [0.1, 0.15) is 34.5 Å². The number of esters is 1. The van der Waals surface area contributed by atoms with Crippen LogP contribution in [0.15, 0.2) is 66.4 Å². The highest BCUT2D eigenvalue weighted by atomic mass is 16.5. The number of benzene rings is 2. The maximum atomic E-state index is 12.3. The summed E-state index contributed by atoms with van der Waals surface area (Å²) in [6, 6.07) is 18.1. The van der Waals surface area contributed by atoms with Gasteiger partial charge in [-0.15, -0.1) is 0 Å². The number of nitrogens with one attached hydrogen (secondary N) is 2. The maximum Gasteiger partial charge on any atom is 0.337 e. The normalized spacial score (nSPS) is 11.8. The SMILES string of the molecule is COC(=O)c1ccc(CN/C=C(/C#N)C(=O)NC(C)c2ccccc2)cc1. The molecule has 0 radical (unpaired) electrons. The molecule has 0 saturated carbocycles. The van der Waals surface area contributed by atoms with Crippen LogP contribution in [0.5, 0.6) is 0 Å². The first kappa shape index (κ1) is 19.7. The molecular weight excluding hydrogens is 342 g/mol.